The molecule has 1 N–H and O–H groups in total. The Labute approximate surface area is 138 Å². The van der Waals surface area contributed by atoms with Crippen LogP contribution in [0.15, 0.2) is 21.5 Å². The van der Waals surface area contributed by atoms with Crippen LogP contribution >= 0.6 is 26.6 Å². The van der Waals surface area contributed by atoms with Gasteiger partial charge in [0.1, 0.15) is 0 Å². The Kier molecular flexibility index (Phi) is 6.69. The van der Waals surface area contributed by atoms with Crippen molar-refractivity contribution in [1.29, 1.82) is 0 Å². The quantitative estimate of drug-likeness (QED) is 0.739. The van der Waals surface area contributed by atoms with E-state index in [9.17, 15) is 13.2 Å². The number of benzene rings is 1. The molecule has 0 aliphatic rings. The lowest BCUT2D eigenvalue weighted by Gasteiger charge is -2.17. The fraction of sp³-hybridized carbons (Fsp3) is 0.500. The van der Waals surface area contributed by atoms with Gasteiger partial charge in [-0.3, -0.25) is 4.79 Å². The zero-order chi connectivity index (χ0) is 16.2. The Morgan fingerprint density at radius 2 is 2.00 bits per heavy atom. The van der Waals surface area contributed by atoms with Crippen molar-refractivity contribution < 1.29 is 13.2 Å². The average molecular weight is 397 g/mol. The highest BCUT2D eigenvalue weighted by Crippen LogP contribution is 2.27. The normalized spacial score (nSPS) is 13.0. The van der Waals surface area contributed by atoms with Gasteiger partial charge in [0.25, 0.3) is 15.0 Å². The molecule has 0 aromatic heterocycles. The van der Waals surface area contributed by atoms with Crippen molar-refractivity contribution in [1.82, 2.24) is 5.32 Å². The average Bonchev–Trinajstić information content (AvgIpc) is 2.39. The molecule has 0 bridgehead atoms. The molecule has 1 atom stereocenters. The molecule has 21 heavy (non-hydrogen) atoms. The van der Waals surface area contributed by atoms with Crippen molar-refractivity contribution in [3.8, 4) is 0 Å². The maximum absolute atomic E-state index is 12.4. The third kappa shape index (κ3) is 4.97. The molecular formula is C14H19BrClNO3S. The standard InChI is InChI=1S/C14H19BrClNO3S/c1-4-6-11(5-2)17-14(18)12-7-10(15)8-13(9(12)3)21(16,19)20/h7-8,11H,4-6H2,1-3H3,(H,17,18). The monoisotopic (exact) mass is 395 g/mol. The maximum Gasteiger partial charge on any atom is 0.261 e. The fourth-order valence-electron chi connectivity index (χ4n) is 2.13. The SMILES string of the molecule is CCCC(CC)NC(=O)c1cc(Br)cc(S(=O)(=O)Cl)c1C. The first-order valence-electron chi connectivity index (χ1n) is 6.76. The molecule has 118 valence electrons. The number of carbonyl (C=O) groups excluding carboxylic acids is 1. The van der Waals surface area contributed by atoms with Crippen LogP contribution in [0.2, 0.25) is 0 Å². The summed E-state index contributed by atoms with van der Waals surface area (Å²) in [5.74, 6) is -0.282. The summed E-state index contributed by atoms with van der Waals surface area (Å²) >= 11 is 3.22. The molecule has 1 amide bonds. The van der Waals surface area contributed by atoms with E-state index in [2.05, 4.69) is 28.2 Å². The molecule has 0 saturated heterocycles. The van der Waals surface area contributed by atoms with Crippen LogP contribution in [0.1, 0.15) is 49.0 Å². The molecule has 1 unspecified atom stereocenters. The predicted octanol–water partition coefficient (Wildman–Crippen LogP) is 3.99. The summed E-state index contributed by atoms with van der Waals surface area (Å²) in [7, 11) is 1.52. The lowest BCUT2D eigenvalue weighted by Crippen LogP contribution is -2.34. The van der Waals surface area contributed by atoms with Gasteiger partial charge in [-0.25, -0.2) is 8.42 Å². The topological polar surface area (TPSA) is 63.2 Å². The minimum Gasteiger partial charge on any atom is -0.349 e. The van der Waals surface area contributed by atoms with Crippen LogP contribution in [0.25, 0.3) is 0 Å². The number of nitrogens with one attached hydrogen (secondary N) is 1. The molecule has 0 heterocycles. The van der Waals surface area contributed by atoms with Crippen LogP contribution in [-0.4, -0.2) is 20.4 Å². The molecule has 0 radical (unpaired) electrons. The minimum atomic E-state index is -3.89. The zero-order valence-electron chi connectivity index (χ0n) is 12.2. The molecular weight excluding hydrogens is 378 g/mol. The summed E-state index contributed by atoms with van der Waals surface area (Å²) in [6.45, 7) is 5.64. The van der Waals surface area contributed by atoms with E-state index in [1.165, 1.54) is 6.07 Å². The summed E-state index contributed by atoms with van der Waals surface area (Å²) in [5.41, 5.74) is 0.676. The zero-order valence-corrected chi connectivity index (χ0v) is 15.4. The molecule has 1 rings (SSSR count). The number of carbonyl (C=O) groups is 1. The van der Waals surface area contributed by atoms with Crippen LogP contribution in [-0.2, 0) is 9.05 Å². The van der Waals surface area contributed by atoms with Gasteiger partial charge in [-0.2, -0.15) is 0 Å². The number of amides is 1. The minimum absolute atomic E-state index is 0.0489. The second-order valence-electron chi connectivity index (χ2n) is 4.88. The Bertz CT molecular complexity index is 631. The van der Waals surface area contributed by atoms with Gasteiger partial charge in [0.2, 0.25) is 0 Å². The number of hydrogen-bond donors (Lipinski definition) is 1. The molecule has 7 heteroatoms. The van der Waals surface area contributed by atoms with E-state index in [1.54, 1.807) is 13.0 Å². The summed E-state index contributed by atoms with van der Waals surface area (Å²) in [6, 6.07) is 3.09. The number of hydrogen-bond acceptors (Lipinski definition) is 3. The molecule has 0 aliphatic carbocycles. The molecule has 1 aromatic carbocycles. The van der Waals surface area contributed by atoms with E-state index in [0.29, 0.717) is 15.6 Å². The van der Waals surface area contributed by atoms with Crippen molar-refractivity contribution >= 4 is 41.6 Å². The van der Waals surface area contributed by atoms with Crippen molar-refractivity contribution in [2.24, 2.45) is 0 Å². The summed E-state index contributed by atoms with van der Waals surface area (Å²) < 4.78 is 23.6. The molecule has 0 saturated carbocycles. The number of halogens is 2. The number of rotatable bonds is 6. The van der Waals surface area contributed by atoms with E-state index < -0.39 is 9.05 Å². The fourth-order valence-corrected chi connectivity index (χ4v) is 3.97. The molecule has 0 spiro atoms. The largest absolute Gasteiger partial charge is 0.349 e. The third-order valence-electron chi connectivity index (χ3n) is 3.30. The molecule has 1 aromatic rings. The highest BCUT2D eigenvalue weighted by atomic mass is 79.9. The van der Waals surface area contributed by atoms with Gasteiger partial charge in [-0.15, -0.1) is 0 Å². The summed E-state index contributed by atoms with van der Waals surface area (Å²) in [5, 5.41) is 2.93. The maximum atomic E-state index is 12.4. The second-order valence-corrected chi connectivity index (χ2v) is 8.33. The Morgan fingerprint density at radius 3 is 2.48 bits per heavy atom. The molecule has 4 nitrogen and oxygen atoms in total. The van der Waals surface area contributed by atoms with E-state index >= 15 is 0 Å². The van der Waals surface area contributed by atoms with Gasteiger partial charge >= 0.3 is 0 Å². The van der Waals surface area contributed by atoms with E-state index in [0.717, 1.165) is 19.3 Å². The second kappa shape index (κ2) is 7.61. The van der Waals surface area contributed by atoms with Crippen molar-refractivity contribution in [3.05, 3.63) is 27.7 Å². The van der Waals surface area contributed by atoms with E-state index in [4.69, 9.17) is 10.7 Å². The smallest absolute Gasteiger partial charge is 0.261 e. The van der Waals surface area contributed by atoms with Gasteiger partial charge in [-0.05, 0) is 37.5 Å². The Balaban J connectivity index is 3.19. The molecule has 0 fully saturated rings. The van der Waals surface area contributed by atoms with Gasteiger partial charge in [0.05, 0.1) is 4.90 Å². The van der Waals surface area contributed by atoms with Crippen LogP contribution < -0.4 is 5.32 Å². The van der Waals surface area contributed by atoms with Crippen LogP contribution in [0.4, 0.5) is 0 Å². The van der Waals surface area contributed by atoms with Crippen LogP contribution in [0.3, 0.4) is 0 Å². The summed E-state index contributed by atoms with van der Waals surface area (Å²) in [4.78, 5) is 12.3. The highest BCUT2D eigenvalue weighted by Gasteiger charge is 2.21. The van der Waals surface area contributed by atoms with E-state index in [-0.39, 0.29) is 16.8 Å². The first-order valence-corrected chi connectivity index (χ1v) is 9.86. The summed E-state index contributed by atoms with van der Waals surface area (Å²) in [6.07, 6.45) is 2.68. The van der Waals surface area contributed by atoms with Gasteiger partial charge in [-0.1, -0.05) is 36.2 Å². The van der Waals surface area contributed by atoms with Crippen molar-refractivity contribution in [2.45, 2.75) is 51.0 Å². The van der Waals surface area contributed by atoms with Gasteiger partial charge < -0.3 is 5.32 Å². The lowest BCUT2D eigenvalue weighted by molar-refractivity contribution is 0.0933. The Hall–Kier alpha value is -0.590. The van der Waals surface area contributed by atoms with Crippen LogP contribution in [0, 0.1) is 6.92 Å². The molecule has 0 aliphatic heterocycles. The van der Waals surface area contributed by atoms with Crippen molar-refractivity contribution in [3.63, 3.8) is 0 Å². The van der Waals surface area contributed by atoms with Gasteiger partial charge in [0.15, 0.2) is 0 Å². The van der Waals surface area contributed by atoms with Crippen LogP contribution in [0.5, 0.6) is 0 Å². The highest BCUT2D eigenvalue weighted by molar-refractivity contribution is 9.10. The van der Waals surface area contributed by atoms with Crippen molar-refractivity contribution in [2.75, 3.05) is 0 Å². The Morgan fingerprint density at radius 1 is 1.38 bits per heavy atom. The lowest BCUT2D eigenvalue weighted by atomic mass is 10.1. The first kappa shape index (κ1) is 18.5. The predicted molar refractivity (Wildman–Crippen MR) is 88.4 cm³/mol. The third-order valence-corrected chi connectivity index (χ3v) is 5.20. The first-order chi connectivity index (χ1) is 9.70. The van der Waals surface area contributed by atoms with Gasteiger partial charge in [0, 0.05) is 26.8 Å². The van der Waals surface area contributed by atoms with E-state index in [1.807, 2.05) is 6.92 Å².